The van der Waals surface area contributed by atoms with Crippen molar-refractivity contribution in [1.29, 1.82) is 0 Å². The molecule has 1 saturated heterocycles. The average molecular weight is 216 g/mol. The van der Waals surface area contributed by atoms with Crippen molar-refractivity contribution in [1.82, 2.24) is 14.9 Å². The summed E-state index contributed by atoms with van der Waals surface area (Å²) >= 11 is 0. The zero-order valence-electron chi connectivity index (χ0n) is 9.40. The molecule has 4 nitrogen and oxygen atoms in total. The molecule has 0 radical (unpaired) electrons. The lowest BCUT2D eigenvalue weighted by atomic mass is 10.2. The van der Waals surface area contributed by atoms with Crippen molar-refractivity contribution in [3.63, 3.8) is 0 Å². The van der Waals surface area contributed by atoms with Gasteiger partial charge in [0.25, 0.3) is 0 Å². The number of hydrogen-bond acceptors (Lipinski definition) is 3. The Morgan fingerprint density at radius 2 is 2.44 bits per heavy atom. The van der Waals surface area contributed by atoms with Crippen LogP contribution in [0.3, 0.4) is 0 Å². The van der Waals surface area contributed by atoms with Gasteiger partial charge in [0, 0.05) is 25.3 Å². The highest BCUT2D eigenvalue weighted by Crippen LogP contribution is 2.18. The van der Waals surface area contributed by atoms with Gasteiger partial charge >= 0.3 is 0 Å². The van der Waals surface area contributed by atoms with E-state index in [1.807, 2.05) is 17.9 Å². The Labute approximate surface area is 94.7 Å². The molecule has 1 unspecified atom stereocenters. The lowest BCUT2D eigenvalue weighted by Crippen LogP contribution is -2.21. The maximum Gasteiger partial charge on any atom is 0.0955 e. The van der Waals surface area contributed by atoms with Gasteiger partial charge in [0.15, 0.2) is 0 Å². The highest BCUT2D eigenvalue weighted by Gasteiger charge is 2.13. The van der Waals surface area contributed by atoms with Crippen LogP contribution in [-0.2, 0) is 7.05 Å². The molecule has 16 heavy (non-hydrogen) atoms. The summed E-state index contributed by atoms with van der Waals surface area (Å²) in [4.78, 5) is 4.36. The molecule has 4 heteroatoms. The molecule has 0 saturated carbocycles. The van der Waals surface area contributed by atoms with Crippen molar-refractivity contribution in [2.75, 3.05) is 18.4 Å². The molecule has 84 valence electrons. The summed E-state index contributed by atoms with van der Waals surface area (Å²) in [5.74, 6) is 0. The maximum atomic E-state index is 4.36. The van der Waals surface area contributed by atoms with Gasteiger partial charge < -0.3 is 15.2 Å². The molecule has 1 aliphatic rings. The number of aryl methyl sites for hydroxylation is 1. The Balaban J connectivity index is 1.87. The predicted molar refractivity (Wildman–Crippen MR) is 65.6 cm³/mol. The number of aromatic nitrogens is 2. The van der Waals surface area contributed by atoms with Crippen molar-refractivity contribution in [2.45, 2.75) is 12.5 Å². The fraction of sp³-hybridized carbons (Fsp3) is 0.417. The minimum atomic E-state index is 0.557. The smallest absolute Gasteiger partial charge is 0.0955 e. The van der Waals surface area contributed by atoms with E-state index in [0.29, 0.717) is 6.04 Å². The summed E-state index contributed by atoms with van der Waals surface area (Å²) in [6.45, 7) is 2.17. The van der Waals surface area contributed by atoms with Gasteiger partial charge in [-0.05, 0) is 31.2 Å². The molecule has 1 fully saturated rings. The number of benzene rings is 1. The van der Waals surface area contributed by atoms with Gasteiger partial charge in [-0.1, -0.05) is 0 Å². The van der Waals surface area contributed by atoms with Crippen LogP contribution in [0.2, 0.25) is 0 Å². The Morgan fingerprint density at radius 1 is 1.50 bits per heavy atom. The van der Waals surface area contributed by atoms with Crippen LogP contribution in [-0.4, -0.2) is 28.7 Å². The number of anilines is 1. The average Bonchev–Trinajstić information content (AvgIpc) is 2.90. The Hall–Kier alpha value is -1.55. The van der Waals surface area contributed by atoms with Crippen LogP contribution in [0, 0.1) is 0 Å². The van der Waals surface area contributed by atoms with Crippen LogP contribution in [0.1, 0.15) is 6.42 Å². The number of nitrogens with zero attached hydrogens (tertiary/aromatic N) is 2. The molecule has 2 N–H and O–H groups in total. The molecule has 0 aliphatic carbocycles. The van der Waals surface area contributed by atoms with Crippen molar-refractivity contribution in [3.8, 4) is 0 Å². The minimum absolute atomic E-state index is 0.557. The Bertz CT molecular complexity index is 497. The maximum absolute atomic E-state index is 4.36. The van der Waals surface area contributed by atoms with E-state index in [1.165, 1.54) is 17.6 Å². The van der Waals surface area contributed by atoms with Gasteiger partial charge in [0.2, 0.25) is 0 Å². The van der Waals surface area contributed by atoms with E-state index in [0.717, 1.165) is 18.6 Å². The van der Waals surface area contributed by atoms with Crippen LogP contribution < -0.4 is 10.6 Å². The van der Waals surface area contributed by atoms with Crippen LogP contribution in [0.25, 0.3) is 11.0 Å². The fourth-order valence-corrected chi connectivity index (χ4v) is 2.24. The second-order valence-corrected chi connectivity index (χ2v) is 4.39. The minimum Gasteiger partial charge on any atom is -0.381 e. The first-order chi connectivity index (χ1) is 7.83. The summed E-state index contributed by atoms with van der Waals surface area (Å²) < 4.78 is 2.04. The first kappa shape index (κ1) is 9.66. The fourth-order valence-electron chi connectivity index (χ4n) is 2.24. The third-order valence-corrected chi connectivity index (χ3v) is 3.16. The first-order valence-corrected chi connectivity index (χ1v) is 5.71. The number of nitrogens with one attached hydrogen (secondary N) is 2. The summed E-state index contributed by atoms with van der Waals surface area (Å²) in [5, 5.41) is 6.88. The van der Waals surface area contributed by atoms with Crippen LogP contribution >= 0.6 is 0 Å². The molecule has 2 aromatic rings. The van der Waals surface area contributed by atoms with E-state index < -0.39 is 0 Å². The van der Waals surface area contributed by atoms with E-state index in [9.17, 15) is 0 Å². The summed E-state index contributed by atoms with van der Waals surface area (Å²) in [7, 11) is 2.02. The van der Waals surface area contributed by atoms with E-state index >= 15 is 0 Å². The lowest BCUT2D eigenvalue weighted by molar-refractivity contribution is 0.793. The molecular weight excluding hydrogens is 200 g/mol. The van der Waals surface area contributed by atoms with E-state index in [1.54, 1.807) is 0 Å². The monoisotopic (exact) mass is 216 g/mol. The zero-order chi connectivity index (χ0) is 11.0. The van der Waals surface area contributed by atoms with E-state index in [2.05, 4.69) is 33.8 Å². The molecule has 2 heterocycles. The van der Waals surface area contributed by atoms with Gasteiger partial charge in [-0.15, -0.1) is 0 Å². The molecule has 3 rings (SSSR count). The van der Waals surface area contributed by atoms with Crippen molar-refractivity contribution in [3.05, 3.63) is 24.5 Å². The second kappa shape index (κ2) is 3.79. The number of imidazole rings is 1. The summed E-state index contributed by atoms with van der Waals surface area (Å²) in [6.07, 6.45) is 3.05. The largest absolute Gasteiger partial charge is 0.381 e. The molecule has 1 atom stereocenters. The second-order valence-electron chi connectivity index (χ2n) is 4.39. The van der Waals surface area contributed by atoms with E-state index in [-0.39, 0.29) is 0 Å². The third-order valence-electron chi connectivity index (χ3n) is 3.16. The van der Waals surface area contributed by atoms with Gasteiger partial charge in [-0.25, -0.2) is 4.98 Å². The quantitative estimate of drug-likeness (QED) is 0.796. The van der Waals surface area contributed by atoms with Gasteiger partial charge in [0.05, 0.1) is 17.4 Å². The lowest BCUT2D eigenvalue weighted by Gasteiger charge is -2.12. The highest BCUT2D eigenvalue weighted by molar-refractivity contribution is 5.79. The van der Waals surface area contributed by atoms with Crippen molar-refractivity contribution in [2.24, 2.45) is 7.05 Å². The van der Waals surface area contributed by atoms with Crippen LogP contribution in [0.15, 0.2) is 24.5 Å². The number of rotatable bonds is 2. The van der Waals surface area contributed by atoms with Gasteiger partial charge in [-0.3, -0.25) is 0 Å². The Kier molecular flexibility index (Phi) is 2.29. The van der Waals surface area contributed by atoms with Gasteiger partial charge in [-0.2, -0.15) is 0 Å². The normalized spacial score (nSPS) is 20.4. The van der Waals surface area contributed by atoms with Crippen LogP contribution in [0.4, 0.5) is 5.69 Å². The molecular formula is C12H16N4. The van der Waals surface area contributed by atoms with Crippen molar-refractivity contribution < 1.29 is 0 Å². The summed E-state index contributed by atoms with van der Waals surface area (Å²) in [6, 6.07) is 6.92. The highest BCUT2D eigenvalue weighted by atomic mass is 15.0. The predicted octanol–water partition coefficient (Wildman–Crippen LogP) is 1.35. The molecule has 1 aliphatic heterocycles. The van der Waals surface area contributed by atoms with Gasteiger partial charge in [0.1, 0.15) is 0 Å². The summed E-state index contributed by atoms with van der Waals surface area (Å²) in [5.41, 5.74) is 3.40. The molecule has 1 aromatic carbocycles. The van der Waals surface area contributed by atoms with Crippen LogP contribution in [0.5, 0.6) is 0 Å². The molecule has 0 spiro atoms. The third kappa shape index (κ3) is 1.65. The molecule has 0 bridgehead atoms. The first-order valence-electron chi connectivity index (χ1n) is 5.71. The zero-order valence-corrected chi connectivity index (χ0v) is 9.40. The SMILES string of the molecule is Cn1cnc2cc(NC3CCNC3)ccc21. The van der Waals surface area contributed by atoms with E-state index in [4.69, 9.17) is 0 Å². The number of hydrogen-bond donors (Lipinski definition) is 2. The Morgan fingerprint density at radius 3 is 3.25 bits per heavy atom. The molecule has 0 amide bonds. The topological polar surface area (TPSA) is 41.9 Å². The number of fused-ring (bicyclic) bond motifs is 1. The molecule has 1 aromatic heterocycles. The van der Waals surface area contributed by atoms with Crippen molar-refractivity contribution >= 4 is 16.7 Å². The standard InChI is InChI=1S/C12H16N4/c1-16-8-14-11-6-9(2-3-12(11)16)15-10-4-5-13-7-10/h2-3,6,8,10,13,15H,4-5,7H2,1H3.